The van der Waals surface area contributed by atoms with Gasteiger partial charge in [-0.05, 0) is 60.1 Å². The van der Waals surface area contributed by atoms with Gasteiger partial charge in [0.1, 0.15) is 16.0 Å². The van der Waals surface area contributed by atoms with Gasteiger partial charge in [0, 0.05) is 11.6 Å². The molecule has 0 radical (unpaired) electrons. The van der Waals surface area contributed by atoms with Crippen molar-refractivity contribution in [2.24, 2.45) is 0 Å². The fraction of sp³-hybridized carbons (Fsp3) is 0.400. The van der Waals surface area contributed by atoms with E-state index >= 15 is 0 Å². The van der Waals surface area contributed by atoms with Crippen LogP contribution in [0.1, 0.15) is 24.5 Å². The molecule has 116 valence electrons. The lowest BCUT2D eigenvalue weighted by atomic mass is 9.94. The summed E-state index contributed by atoms with van der Waals surface area (Å²) in [5.74, 6) is 1.34. The number of hydrogen-bond acceptors (Lipinski definition) is 6. The van der Waals surface area contributed by atoms with Crippen molar-refractivity contribution in [3.63, 3.8) is 0 Å². The molecular formula is C15H18BrN5O. The molecule has 0 unspecified atom stereocenters. The summed E-state index contributed by atoms with van der Waals surface area (Å²) in [6.45, 7) is 2.00. The van der Waals surface area contributed by atoms with Crippen LogP contribution in [0, 0.1) is 0 Å². The molecule has 0 bridgehead atoms. The first-order valence-electron chi connectivity index (χ1n) is 7.23. The standard InChI is InChI=1S/C15H18BrN5O/c1-22-12-2-3-13(16)21-14(12)11-8-10(19-15(17)20-11)9-4-6-18-7-5-9/h2-3,8-9,18H,4-7H2,1H3,(H2,17,19,20). The van der Waals surface area contributed by atoms with Gasteiger partial charge in [-0.15, -0.1) is 0 Å². The van der Waals surface area contributed by atoms with Gasteiger partial charge in [0.25, 0.3) is 0 Å². The number of aromatic nitrogens is 3. The first-order chi connectivity index (χ1) is 10.7. The number of nitrogens with one attached hydrogen (secondary N) is 1. The second kappa shape index (κ2) is 6.58. The van der Waals surface area contributed by atoms with Crippen LogP contribution in [-0.4, -0.2) is 35.2 Å². The molecule has 1 fully saturated rings. The normalized spacial score (nSPS) is 15.7. The van der Waals surface area contributed by atoms with E-state index in [2.05, 4.69) is 36.2 Å². The lowest BCUT2D eigenvalue weighted by molar-refractivity contribution is 0.414. The van der Waals surface area contributed by atoms with Crippen molar-refractivity contribution in [2.45, 2.75) is 18.8 Å². The Kier molecular flexibility index (Phi) is 4.54. The van der Waals surface area contributed by atoms with E-state index in [4.69, 9.17) is 10.5 Å². The summed E-state index contributed by atoms with van der Waals surface area (Å²) in [7, 11) is 1.62. The molecule has 0 saturated carbocycles. The van der Waals surface area contributed by atoms with Gasteiger partial charge in [0.2, 0.25) is 5.95 Å². The van der Waals surface area contributed by atoms with Crippen LogP contribution in [0.3, 0.4) is 0 Å². The molecule has 2 aromatic heterocycles. The maximum Gasteiger partial charge on any atom is 0.220 e. The van der Waals surface area contributed by atoms with Crippen LogP contribution in [0.25, 0.3) is 11.4 Å². The molecule has 3 rings (SSSR count). The predicted molar refractivity (Wildman–Crippen MR) is 88.8 cm³/mol. The summed E-state index contributed by atoms with van der Waals surface area (Å²) in [4.78, 5) is 13.2. The Hall–Kier alpha value is -1.73. The summed E-state index contributed by atoms with van der Waals surface area (Å²) in [5.41, 5.74) is 8.26. The van der Waals surface area contributed by atoms with Crippen LogP contribution < -0.4 is 15.8 Å². The lowest BCUT2D eigenvalue weighted by Crippen LogP contribution is -2.27. The Morgan fingerprint density at radius 2 is 2.00 bits per heavy atom. The summed E-state index contributed by atoms with van der Waals surface area (Å²) < 4.78 is 6.11. The molecule has 7 heteroatoms. The second-order valence-corrected chi connectivity index (χ2v) is 6.06. The number of anilines is 1. The highest BCUT2D eigenvalue weighted by Crippen LogP contribution is 2.31. The molecule has 0 spiro atoms. The van der Waals surface area contributed by atoms with E-state index in [1.54, 1.807) is 7.11 Å². The second-order valence-electron chi connectivity index (χ2n) is 5.25. The minimum Gasteiger partial charge on any atom is -0.494 e. The number of pyridine rings is 1. The van der Waals surface area contributed by atoms with Gasteiger partial charge >= 0.3 is 0 Å². The zero-order valence-electron chi connectivity index (χ0n) is 12.3. The van der Waals surface area contributed by atoms with E-state index in [0.717, 1.165) is 36.2 Å². The quantitative estimate of drug-likeness (QED) is 0.814. The van der Waals surface area contributed by atoms with Gasteiger partial charge in [-0.25, -0.2) is 15.0 Å². The van der Waals surface area contributed by atoms with E-state index < -0.39 is 0 Å². The number of nitrogen functional groups attached to an aromatic ring is 1. The fourth-order valence-electron chi connectivity index (χ4n) is 2.70. The number of rotatable bonds is 3. The number of hydrogen-bond donors (Lipinski definition) is 2. The lowest BCUT2D eigenvalue weighted by Gasteiger charge is -2.22. The average Bonchev–Trinajstić information content (AvgIpc) is 2.55. The molecule has 1 aliphatic heterocycles. The summed E-state index contributed by atoms with van der Waals surface area (Å²) in [6, 6.07) is 5.67. The largest absolute Gasteiger partial charge is 0.494 e. The summed E-state index contributed by atoms with van der Waals surface area (Å²) in [5, 5.41) is 3.36. The molecule has 3 heterocycles. The third kappa shape index (κ3) is 3.20. The third-order valence-electron chi connectivity index (χ3n) is 3.81. The van der Waals surface area contributed by atoms with Crippen molar-refractivity contribution in [1.82, 2.24) is 20.3 Å². The molecule has 0 amide bonds. The van der Waals surface area contributed by atoms with Gasteiger partial charge < -0.3 is 15.8 Å². The van der Waals surface area contributed by atoms with Crippen molar-refractivity contribution >= 4 is 21.9 Å². The van der Waals surface area contributed by atoms with Crippen LogP contribution in [0.2, 0.25) is 0 Å². The number of piperidine rings is 1. The maximum absolute atomic E-state index is 5.91. The zero-order chi connectivity index (χ0) is 15.5. The highest BCUT2D eigenvalue weighted by molar-refractivity contribution is 9.10. The highest BCUT2D eigenvalue weighted by atomic mass is 79.9. The Balaban J connectivity index is 2.04. The van der Waals surface area contributed by atoms with Gasteiger partial charge in [-0.3, -0.25) is 0 Å². The highest BCUT2D eigenvalue weighted by Gasteiger charge is 2.20. The van der Waals surface area contributed by atoms with Crippen molar-refractivity contribution in [3.05, 3.63) is 28.5 Å². The number of nitrogens with zero attached hydrogens (tertiary/aromatic N) is 3. The van der Waals surface area contributed by atoms with Crippen molar-refractivity contribution in [2.75, 3.05) is 25.9 Å². The van der Waals surface area contributed by atoms with Crippen molar-refractivity contribution < 1.29 is 4.74 Å². The number of halogens is 1. The first-order valence-corrected chi connectivity index (χ1v) is 8.02. The smallest absolute Gasteiger partial charge is 0.220 e. The summed E-state index contributed by atoms with van der Waals surface area (Å²) >= 11 is 3.39. The molecule has 0 atom stereocenters. The van der Waals surface area contributed by atoms with Gasteiger partial charge in [-0.2, -0.15) is 0 Å². The van der Waals surface area contributed by atoms with Crippen LogP contribution in [0.15, 0.2) is 22.8 Å². The Morgan fingerprint density at radius 3 is 2.73 bits per heavy atom. The van der Waals surface area contributed by atoms with Crippen LogP contribution in [0.5, 0.6) is 5.75 Å². The van der Waals surface area contributed by atoms with Crippen molar-refractivity contribution in [3.8, 4) is 17.1 Å². The molecule has 2 aromatic rings. The van der Waals surface area contributed by atoms with E-state index in [1.807, 2.05) is 18.2 Å². The molecule has 1 aliphatic rings. The predicted octanol–water partition coefficient (Wildman–Crippen LogP) is 2.36. The van der Waals surface area contributed by atoms with Crippen LogP contribution in [0.4, 0.5) is 5.95 Å². The maximum atomic E-state index is 5.91. The number of ether oxygens (including phenoxy) is 1. The molecule has 6 nitrogen and oxygen atoms in total. The molecule has 3 N–H and O–H groups in total. The Bertz CT molecular complexity index is 673. The Labute approximate surface area is 137 Å². The van der Waals surface area contributed by atoms with Gasteiger partial charge in [-0.1, -0.05) is 0 Å². The van der Waals surface area contributed by atoms with E-state index in [-0.39, 0.29) is 5.95 Å². The minimum atomic E-state index is 0.273. The SMILES string of the molecule is COc1ccc(Br)nc1-c1cc(C2CCNCC2)nc(N)n1. The van der Waals surface area contributed by atoms with E-state index in [1.165, 1.54) is 0 Å². The van der Waals surface area contributed by atoms with Gasteiger partial charge in [0.05, 0.1) is 12.8 Å². The third-order valence-corrected chi connectivity index (χ3v) is 4.25. The molecule has 1 saturated heterocycles. The average molecular weight is 364 g/mol. The van der Waals surface area contributed by atoms with Crippen LogP contribution >= 0.6 is 15.9 Å². The molecule has 0 aliphatic carbocycles. The van der Waals surface area contributed by atoms with E-state index in [0.29, 0.717) is 23.1 Å². The van der Waals surface area contributed by atoms with Crippen LogP contribution in [-0.2, 0) is 0 Å². The van der Waals surface area contributed by atoms with Crippen molar-refractivity contribution in [1.29, 1.82) is 0 Å². The minimum absolute atomic E-state index is 0.273. The monoisotopic (exact) mass is 363 g/mol. The first kappa shape index (κ1) is 15.2. The zero-order valence-corrected chi connectivity index (χ0v) is 13.9. The molecular weight excluding hydrogens is 346 g/mol. The number of nitrogens with two attached hydrogens (primary N) is 1. The van der Waals surface area contributed by atoms with E-state index in [9.17, 15) is 0 Å². The van der Waals surface area contributed by atoms with Gasteiger partial charge in [0.15, 0.2) is 0 Å². The number of methoxy groups -OCH3 is 1. The Morgan fingerprint density at radius 1 is 1.23 bits per heavy atom. The molecule has 22 heavy (non-hydrogen) atoms. The summed E-state index contributed by atoms with van der Waals surface area (Å²) in [6.07, 6.45) is 2.11. The molecule has 0 aromatic carbocycles. The fourth-order valence-corrected chi connectivity index (χ4v) is 3.01. The topological polar surface area (TPSA) is 86.0 Å².